The Labute approximate surface area is 109 Å². The molecular formula is C15H22N2O. The molecule has 1 amide bonds. The third kappa shape index (κ3) is 3.33. The molecule has 0 bridgehead atoms. The van der Waals surface area contributed by atoms with Crippen molar-refractivity contribution in [3.63, 3.8) is 0 Å². The Kier molecular flexibility index (Phi) is 4.37. The van der Waals surface area contributed by atoms with E-state index >= 15 is 0 Å². The summed E-state index contributed by atoms with van der Waals surface area (Å²) >= 11 is 0. The molecule has 0 aliphatic carbocycles. The molecule has 18 heavy (non-hydrogen) atoms. The standard InChI is InChI=1S/C15H22N2O/c1-11-6-3-4-7-13(11)10-15(18)17-14-8-5-9-16-12(14)2/h3-4,6-7,12,14,16H,5,8-10H2,1-2H3,(H,17,18). The molecule has 1 heterocycles. The Morgan fingerprint density at radius 2 is 2.22 bits per heavy atom. The second kappa shape index (κ2) is 6.01. The van der Waals surface area contributed by atoms with Crippen LogP contribution >= 0.6 is 0 Å². The van der Waals surface area contributed by atoms with Gasteiger partial charge in [-0.1, -0.05) is 24.3 Å². The van der Waals surface area contributed by atoms with Gasteiger partial charge in [0.1, 0.15) is 0 Å². The molecule has 2 N–H and O–H groups in total. The number of amides is 1. The number of hydrogen-bond donors (Lipinski definition) is 2. The molecule has 0 saturated carbocycles. The number of benzene rings is 1. The van der Waals surface area contributed by atoms with Crippen LogP contribution in [0.2, 0.25) is 0 Å². The van der Waals surface area contributed by atoms with Crippen LogP contribution in [0, 0.1) is 6.92 Å². The molecule has 1 aliphatic heterocycles. The van der Waals surface area contributed by atoms with E-state index in [-0.39, 0.29) is 11.9 Å². The van der Waals surface area contributed by atoms with E-state index in [2.05, 4.69) is 17.6 Å². The first-order chi connectivity index (χ1) is 8.66. The zero-order valence-electron chi connectivity index (χ0n) is 11.2. The summed E-state index contributed by atoms with van der Waals surface area (Å²) < 4.78 is 0. The van der Waals surface area contributed by atoms with Crippen LogP contribution in [0.25, 0.3) is 0 Å². The van der Waals surface area contributed by atoms with E-state index in [1.807, 2.05) is 31.2 Å². The molecular weight excluding hydrogens is 224 g/mol. The van der Waals surface area contributed by atoms with Gasteiger partial charge in [-0.05, 0) is 44.4 Å². The Bertz CT molecular complexity index is 417. The van der Waals surface area contributed by atoms with Gasteiger partial charge in [-0.2, -0.15) is 0 Å². The summed E-state index contributed by atoms with van der Waals surface area (Å²) in [6.45, 7) is 5.25. The predicted octanol–water partition coefficient (Wildman–Crippen LogP) is 1.79. The van der Waals surface area contributed by atoms with Gasteiger partial charge in [0.05, 0.1) is 6.42 Å². The highest BCUT2D eigenvalue weighted by Gasteiger charge is 2.22. The molecule has 3 nitrogen and oxygen atoms in total. The van der Waals surface area contributed by atoms with Crippen LogP contribution in [0.15, 0.2) is 24.3 Å². The lowest BCUT2D eigenvalue weighted by atomic mass is 9.99. The van der Waals surface area contributed by atoms with Crippen LogP contribution in [0.1, 0.15) is 30.9 Å². The number of carbonyl (C=O) groups excluding carboxylic acids is 1. The van der Waals surface area contributed by atoms with Crippen LogP contribution in [0.4, 0.5) is 0 Å². The second-order valence-corrected chi connectivity index (χ2v) is 5.16. The van der Waals surface area contributed by atoms with Gasteiger partial charge in [0.2, 0.25) is 5.91 Å². The van der Waals surface area contributed by atoms with Gasteiger partial charge >= 0.3 is 0 Å². The Balaban J connectivity index is 1.90. The van der Waals surface area contributed by atoms with E-state index in [1.54, 1.807) is 0 Å². The monoisotopic (exact) mass is 246 g/mol. The summed E-state index contributed by atoms with van der Waals surface area (Å²) in [7, 11) is 0. The maximum absolute atomic E-state index is 12.0. The molecule has 1 aliphatic rings. The molecule has 1 aromatic carbocycles. The summed E-state index contributed by atoms with van der Waals surface area (Å²) in [5, 5.41) is 6.54. The summed E-state index contributed by atoms with van der Waals surface area (Å²) in [5.41, 5.74) is 2.30. The average molecular weight is 246 g/mol. The van der Waals surface area contributed by atoms with Crippen LogP contribution < -0.4 is 10.6 Å². The van der Waals surface area contributed by atoms with E-state index in [0.29, 0.717) is 12.5 Å². The van der Waals surface area contributed by atoms with Gasteiger partial charge < -0.3 is 10.6 Å². The fraction of sp³-hybridized carbons (Fsp3) is 0.533. The molecule has 2 unspecified atom stereocenters. The summed E-state index contributed by atoms with van der Waals surface area (Å²) in [5.74, 6) is 0.129. The van der Waals surface area contributed by atoms with E-state index in [4.69, 9.17) is 0 Å². The van der Waals surface area contributed by atoms with Crippen LogP contribution in [0.3, 0.4) is 0 Å². The second-order valence-electron chi connectivity index (χ2n) is 5.16. The van der Waals surface area contributed by atoms with E-state index in [0.717, 1.165) is 24.9 Å². The number of nitrogens with one attached hydrogen (secondary N) is 2. The van der Waals surface area contributed by atoms with Crippen molar-refractivity contribution in [3.05, 3.63) is 35.4 Å². The van der Waals surface area contributed by atoms with Crippen molar-refractivity contribution in [3.8, 4) is 0 Å². The lowest BCUT2D eigenvalue weighted by molar-refractivity contribution is -0.121. The van der Waals surface area contributed by atoms with Crippen molar-refractivity contribution in [2.24, 2.45) is 0 Å². The molecule has 2 rings (SSSR count). The van der Waals surface area contributed by atoms with Crippen LogP contribution in [-0.2, 0) is 11.2 Å². The first-order valence-corrected chi connectivity index (χ1v) is 6.74. The van der Waals surface area contributed by atoms with Gasteiger partial charge in [0.15, 0.2) is 0 Å². The van der Waals surface area contributed by atoms with Gasteiger partial charge in [-0.3, -0.25) is 4.79 Å². The smallest absolute Gasteiger partial charge is 0.224 e. The van der Waals surface area contributed by atoms with E-state index < -0.39 is 0 Å². The quantitative estimate of drug-likeness (QED) is 0.854. The highest BCUT2D eigenvalue weighted by molar-refractivity contribution is 5.79. The lowest BCUT2D eigenvalue weighted by Crippen LogP contribution is -2.52. The molecule has 1 saturated heterocycles. The van der Waals surface area contributed by atoms with E-state index in [1.165, 1.54) is 5.56 Å². The minimum Gasteiger partial charge on any atom is -0.352 e. The number of piperidine rings is 1. The molecule has 0 aromatic heterocycles. The minimum absolute atomic E-state index is 0.129. The Morgan fingerprint density at radius 3 is 2.94 bits per heavy atom. The van der Waals surface area contributed by atoms with Crippen molar-refractivity contribution in [1.29, 1.82) is 0 Å². The number of aryl methyl sites for hydroxylation is 1. The first kappa shape index (κ1) is 13.1. The molecule has 0 spiro atoms. The maximum atomic E-state index is 12.0. The van der Waals surface area contributed by atoms with Gasteiger partial charge in [-0.15, -0.1) is 0 Å². The van der Waals surface area contributed by atoms with Crippen molar-refractivity contribution in [1.82, 2.24) is 10.6 Å². The normalized spacial score (nSPS) is 23.7. The average Bonchev–Trinajstić information content (AvgIpc) is 2.35. The van der Waals surface area contributed by atoms with Crippen molar-refractivity contribution in [2.45, 2.75) is 45.2 Å². The number of carbonyl (C=O) groups is 1. The largest absolute Gasteiger partial charge is 0.352 e. The predicted molar refractivity (Wildman–Crippen MR) is 73.5 cm³/mol. The third-order valence-corrected chi connectivity index (χ3v) is 3.72. The Hall–Kier alpha value is -1.35. The highest BCUT2D eigenvalue weighted by atomic mass is 16.1. The molecule has 2 atom stereocenters. The summed E-state index contributed by atoms with van der Waals surface area (Å²) in [4.78, 5) is 12.0. The van der Waals surface area contributed by atoms with Crippen molar-refractivity contribution >= 4 is 5.91 Å². The summed E-state index contributed by atoms with van der Waals surface area (Å²) in [6.07, 6.45) is 2.70. The lowest BCUT2D eigenvalue weighted by Gasteiger charge is -2.30. The zero-order valence-corrected chi connectivity index (χ0v) is 11.2. The van der Waals surface area contributed by atoms with Crippen molar-refractivity contribution < 1.29 is 4.79 Å². The fourth-order valence-electron chi connectivity index (χ4n) is 2.48. The Morgan fingerprint density at radius 1 is 1.44 bits per heavy atom. The fourth-order valence-corrected chi connectivity index (χ4v) is 2.48. The number of rotatable bonds is 3. The molecule has 0 radical (unpaired) electrons. The van der Waals surface area contributed by atoms with E-state index in [9.17, 15) is 4.79 Å². The van der Waals surface area contributed by atoms with Gasteiger partial charge in [-0.25, -0.2) is 0 Å². The van der Waals surface area contributed by atoms with Gasteiger partial charge in [0, 0.05) is 12.1 Å². The topological polar surface area (TPSA) is 41.1 Å². The molecule has 3 heteroatoms. The SMILES string of the molecule is Cc1ccccc1CC(=O)NC1CCCNC1C. The highest BCUT2D eigenvalue weighted by Crippen LogP contribution is 2.10. The first-order valence-electron chi connectivity index (χ1n) is 6.74. The minimum atomic E-state index is 0.129. The molecule has 1 aromatic rings. The van der Waals surface area contributed by atoms with Gasteiger partial charge in [0.25, 0.3) is 0 Å². The third-order valence-electron chi connectivity index (χ3n) is 3.72. The molecule has 98 valence electrons. The molecule has 1 fully saturated rings. The summed E-state index contributed by atoms with van der Waals surface area (Å²) in [6, 6.07) is 8.71. The number of hydrogen-bond acceptors (Lipinski definition) is 2. The van der Waals surface area contributed by atoms with Crippen molar-refractivity contribution in [2.75, 3.05) is 6.54 Å². The van der Waals surface area contributed by atoms with Crippen LogP contribution in [-0.4, -0.2) is 24.5 Å². The van der Waals surface area contributed by atoms with Crippen LogP contribution in [0.5, 0.6) is 0 Å². The zero-order chi connectivity index (χ0) is 13.0. The maximum Gasteiger partial charge on any atom is 0.224 e.